The van der Waals surface area contributed by atoms with Gasteiger partial charge in [-0.15, -0.1) is 0 Å². The standard InChI is InChI=1S/C12H23O/c1-4-7-8-11-12(13,9-5-2)10-6-3/h8,11,13H,1,4-7,9-10H2,2-3H3. The highest BCUT2D eigenvalue weighted by Gasteiger charge is 2.20. The molecule has 0 aliphatic rings. The molecule has 77 valence electrons. The van der Waals surface area contributed by atoms with Gasteiger partial charge < -0.3 is 5.11 Å². The van der Waals surface area contributed by atoms with E-state index in [0.29, 0.717) is 0 Å². The van der Waals surface area contributed by atoms with Crippen molar-refractivity contribution >= 4 is 0 Å². The zero-order chi connectivity index (χ0) is 10.2. The van der Waals surface area contributed by atoms with Crippen LogP contribution in [0.1, 0.15) is 52.4 Å². The van der Waals surface area contributed by atoms with Gasteiger partial charge in [0.15, 0.2) is 0 Å². The van der Waals surface area contributed by atoms with Crippen LogP contribution in [0.25, 0.3) is 0 Å². The van der Waals surface area contributed by atoms with E-state index in [9.17, 15) is 5.11 Å². The van der Waals surface area contributed by atoms with Gasteiger partial charge in [-0.1, -0.05) is 45.8 Å². The van der Waals surface area contributed by atoms with Crippen molar-refractivity contribution in [1.82, 2.24) is 0 Å². The largest absolute Gasteiger partial charge is 0.386 e. The first kappa shape index (κ1) is 12.7. The summed E-state index contributed by atoms with van der Waals surface area (Å²) in [6.07, 6.45) is 9.70. The van der Waals surface area contributed by atoms with Crippen LogP contribution in [0.4, 0.5) is 0 Å². The molecule has 0 unspecified atom stereocenters. The quantitative estimate of drug-likeness (QED) is 0.599. The van der Waals surface area contributed by atoms with Gasteiger partial charge in [-0.05, 0) is 25.7 Å². The van der Waals surface area contributed by atoms with E-state index in [0.717, 1.165) is 38.5 Å². The van der Waals surface area contributed by atoms with Crippen LogP contribution in [-0.2, 0) is 0 Å². The van der Waals surface area contributed by atoms with Crippen LogP contribution in [0, 0.1) is 6.92 Å². The third kappa shape index (κ3) is 5.87. The van der Waals surface area contributed by atoms with E-state index in [-0.39, 0.29) is 0 Å². The number of aliphatic hydroxyl groups is 1. The first-order valence-corrected chi connectivity index (χ1v) is 5.38. The van der Waals surface area contributed by atoms with Crippen molar-refractivity contribution in [3.8, 4) is 0 Å². The summed E-state index contributed by atoms with van der Waals surface area (Å²) < 4.78 is 0. The lowest BCUT2D eigenvalue weighted by atomic mass is 9.92. The number of rotatable bonds is 7. The summed E-state index contributed by atoms with van der Waals surface area (Å²) in [7, 11) is 0. The van der Waals surface area contributed by atoms with E-state index in [2.05, 4.69) is 26.8 Å². The second kappa shape index (κ2) is 7.14. The lowest BCUT2D eigenvalue weighted by Gasteiger charge is -2.23. The maximum Gasteiger partial charge on any atom is 0.0827 e. The molecule has 1 heteroatoms. The van der Waals surface area contributed by atoms with Gasteiger partial charge in [0, 0.05) is 0 Å². The average Bonchev–Trinajstić information content (AvgIpc) is 2.05. The lowest BCUT2D eigenvalue weighted by molar-refractivity contribution is 0.0704. The molecule has 1 nitrogen and oxygen atoms in total. The summed E-state index contributed by atoms with van der Waals surface area (Å²) in [5.41, 5.74) is -0.557. The SMILES string of the molecule is [CH2]CCC=CC(O)(CCC)CCC. The number of hydrogen-bond acceptors (Lipinski definition) is 1. The summed E-state index contributed by atoms with van der Waals surface area (Å²) in [5.74, 6) is 0. The second-order valence-corrected chi connectivity index (χ2v) is 3.65. The predicted octanol–water partition coefficient (Wildman–Crippen LogP) is 3.49. The molecule has 0 aliphatic carbocycles. The van der Waals surface area contributed by atoms with Gasteiger partial charge in [0.25, 0.3) is 0 Å². The molecule has 0 heterocycles. The molecule has 1 radical (unpaired) electrons. The fourth-order valence-corrected chi connectivity index (χ4v) is 1.58. The molecule has 1 N–H and O–H groups in total. The molecule has 0 aromatic carbocycles. The van der Waals surface area contributed by atoms with E-state index in [4.69, 9.17) is 0 Å². The molecule has 0 rings (SSSR count). The molecular weight excluding hydrogens is 160 g/mol. The third-order valence-electron chi connectivity index (χ3n) is 2.16. The van der Waals surface area contributed by atoms with Crippen molar-refractivity contribution in [1.29, 1.82) is 0 Å². The van der Waals surface area contributed by atoms with Gasteiger partial charge >= 0.3 is 0 Å². The smallest absolute Gasteiger partial charge is 0.0827 e. The highest BCUT2D eigenvalue weighted by Crippen LogP contribution is 2.21. The van der Waals surface area contributed by atoms with E-state index in [1.807, 2.05) is 6.08 Å². The molecule has 0 amide bonds. The maximum absolute atomic E-state index is 10.1. The maximum atomic E-state index is 10.1. The Morgan fingerprint density at radius 1 is 1.23 bits per heavy atom. The normalized spacial score (nSPS) is 12.6. The van der Waals surface area contributed by atoms with Gasteiger partial charge in [-0.25, -0.2) is 0 Å². The van der Waals surface area contributed by atoms with Gasteiger partial charge in [0.1, 0.15) is 0 Å². The van der Waals surface area contributed by atoms with Crippen molar-refractivity contribution in [2.24, 2.45) is 0 Å². The first-order chi connectivity index (χ1) is 6.18. The Morgan fingerprint density at radius 3 is 2.15 bits per heavy atom. The molecule has 0 aliphatic heterocycles. The zero-order valence-electron chi connectivity index (χ0n) is 9.05. The molecule has 0 fully saturated rings. The molecular formula is C12H23O. The highest BCUT2D eigenvalue weighted by molar-refractivity contribution is 5.00. The molecule has 13 heavy (non-hydrogen) atoms. The van der Waals surface area contributed by atoms with E-state index in [1.165, 1.54) is 0 Å². The Bertz CT molecular complexity index is 132. The molecule has 0 aromatic rings. The van der Waals surface area contributed by atoms with Crippen LogP contribution < -0.4 is 0 Å². The number of allylic oxidation sites excluding steroid dienone is 1. The minimum absolute atomic E-state index is 0.557. The molecule has 0 bridgehead atoms. The van der Waals surface area contributed by atoms with Crippen LogP contribution >= 0.6 is 0 Å². The molecule has 0 spiro atoms. The average molecular weight is 183 g/mol. The van der Waals surface area contributed by atoms with Crippen LogP contribution in [0.2, 0.25) is 0 Å². The zero-order valence-corrected chi connectivity index (χ0v) is 9.05. The minimum Gasteiger partial charge on any atom is -0.386 e. The van der Waals surface area contributed by atoms with Gasteiger partial charge in [-0.2, -0.15) is 0 Å². The van der Waals surface area contributed by atoms with Crippen LogP contribution in [0.5, 0.6) is 0 Å². The van der Waals surface area contributed by atoms with Crippen molar-refractivity contribution in [3.63, 3.8) is 0 Å². The van der Waals surface area contributed by atoms with E-state index >= 15 is 0 Å². The minimum atomic E-state index is -0.557. The topological polar surface area (TPSA) is 20.2 Å². The summed E-state index contributed by atoms with van der Waals surface area (Å²) in [6.45, 7) is 7.98. The second-order valence-electron chi connectivity index (χ2n) is 3.65. The number of unbranched alkanes of at least 4 members (excludes halogenated alkanes) is 1. The summed E-state index contributed by atoms with van der Waals surface area (Å²) in [6, 6.07) is 0. The van der Waals surface area contributed by atoms with Gasteiger partial charge in [-0.3, -0.25) is 0 Å². The van der Waals surface area contributed by atoms with Crippen LogP contribution in [0.3, 0.4) is 0 Å². The van der Waals surface area contributed by atoms with Crippen molar-refractivity contribution in [2.75, 3.05) is 0 Å². The Hall–Kier alpha value is -0.300. The first-order valence-electron chi connectivity index (χ1n) is 5.38. The van der Waals surface area contributed by atoms with Crippen LogP contribution in [0.15, 0.2) is 12.2 Å². The molecule has 0 saturated heterocycles. The summed E-state index contributed by atoms with van der Waals surface area (Å²) >= 11 is 0. The fraction of sp³-hybridized carbons (Fsp3) is 0.750. The third-order valence-corrected chi connectivity index (χ3v) is 2.16. The van der Waals surface area contributed by atoms with E-state index in [1.54, 1.807) is 0 Å². The summed E-state index contributed by atoms with van der Waals surface area (Å²) in [5, 5.41) is 10.1. The lowest BCUT2D eigenvalue weighted by Crippen LogP contribution is -2.25. The Kier molecular flexibility index (Phi) is 6.97. The van der Waals surface area contributed by atoms with Gasteiger partial charge in [0.2, 0.25) is 0 Å². The Morgan fingerprint density at radius 2 is 1.77 bits per heavy atom. The molecule has 0 aromatic heterocycles. The summed E-state index contributed by atoms with van der Waals surface area (Å²) in [4.78, 5) is 0. The number of hydrogen-bond donors (Lipinski definition) is 1. The Balaban J connectivity index is 4.05. The predicted molar refractivity (Wildman–Crippen MR) is 58.5 cm³/mol. The van der Waals surface area contributed by atoms with Crippen molar-refractivity contribution in [3.05, 3.63) is 19.1 Å². The highest BCUT2D eigenvalue weighted by atomic mass is 16.3. The van der Waals surface area contributed by atoms with Crippen molar-refractivity contribution in [2.45, 2.75) is 58.0 Å². The van der Waals surface area contributed by atoms with Crippen molar-refractivity contribution < 1.29 is 5.11 Å². The molecule has 0 atom stereocenters. The van der Waals surface area contributed by atoms with Gasteiger partial charge in [0.05, 0.1) is 5.60 Å². The van der Waals surface area contributed by atoms with E-state index < -0.39 is 5.60 Å². The van der Waals surface area contributed by atoms with Crippen LogP contribution in [-0.4, -0.2) is 10.7 Å². The molecule has 0 saturated carbocycles. The Labute approximate surface area is 82.9 Å². The monoisotopic (exact) mass is 183 g/mol. The fourth-order valence-electron chi connectivity index (χ4n) is 1.58.